The SMILES string of the molecule is CCC(C)C(=O)Oc1cc(CCC(N)=O)cc(Oc2ccc(F)cc2)c1. The maximum Gasteiger partial charge on any atom is 0.314 e. The summed E-state index contributed by atoms with van der Waals surface area (Å²) < 4.78 is 24.2. The largest absolute Gasteiger partial charge is 0.457 e. The van der Waals surface area contributed by atoms with Crippen LogP contribution in [0.4, 0.5) is 4.39 Å². The molecule has 2 aromatic carbocycles. The topological polar surface area (TPSA) is 78.6 Å². The number of amides is 1. The van der Waals surface area contributed by atoms with E-state index in [-0.39, 0.29) is 24.1 Å². The molecule has 138 valence electrons. The first-order valence-electron chi connectivity index (χ1n) is 8.44. The van der Waals surface area contributed by atoms with Gasteiger partial charge < -0.3 is 15.2 Å². The van der Waals surface area contributed by atoms with Crippen LogP contribution in [0, 0.1) is 11.7 Å². The van der Waals surface area contributed by atoms with Crippen LogP contribution in [0.3, 0.4) is 0 Å². The van der Waals surface area contributed by atoms with E-state index in [1.807, 2.05) is 6.92 Å². The number of carbonyl (C=O) groups is 2. The van der Waals surface area contributed by atoms with Crippen LogP contribution in [0.1, 0.15) is 32.3 Å². The zero-order valence-electron chi connectivity index (χ0n) is 14.8. The van der Waals surface area contributed by atoms with Crippen molar-refractivity contribution in [1.29, 1.82) is 0 Å². The third-order valence-corrected chi connectivity index (χ3v) is 3.88. The molecular weight excluding hydrogens is 337 g/mol. The molecule has 0 aliphatic rings. The molecule has 26 heavy (non-hydrogen) atoms. The van der Waals surface area contributed by atoms with E-state index in [0.29, 0.717) is 30.1 Å². The van der Waals surface area contributed by atoms with Gasteiger partial charge in [-0.1, -0.05) is 13.8 Å². The summed E-state index contributed by atoms with van der Waals surface area (Å²) in [5.41, 5.74) is 5.95. The van der Waals surface area contributed by atoms with E-state index in [9.17, 15) is 14.0 Å². The van der Waals surface area contributed by atoms with Gasteiger partial charge in [0, 0.05) is 12.5 Å². The molecule has 0 aliphatic heterocycles. The number of rotatable bonds is 8. The van der Waals surface area contributed by atoms with Crippen molar-refractivity contribution in [3.63, 3.8) is 0 Å². The molecule has 2 rings (SSSR count). The Morgan fingerprint density at radius 1 is 1.08 bits per heavy atom. The first kappa shape index (κ1) is 19.4. The van der Waals surface area contributed by atoms with Gasteiger partial charge >= 0.3 is 5.97 Å². The summed E-state index contributed by atoms with van der Waals surface area (Å²) in [6, 6.07) is 10.6. The van der Waals surface area contributed by atoms with Crippen molar-refractivity contribution >= 4 is 11.9 Å². The van der Waals surface area contributed by atoms with Gasteiger partial charge in [-0.2, -0.15) is 0 Å². The highest BCUT2D eigenvalue weighted by molar-refractivity contribution is 5.75. The molecule has 0 saturated heterocycles. The summed E-state index contributed by atoms with van der Waals surface area (Å²) in [7, 11) is 0. The van der Waals surface area contributed by atoms with Crippen molar-refractivity contribution < 1.29 is 23.5 Å². The standard InChI is InChI=1S/C20H22FNO4/c1-3-13(2)20(24)26-18-11-14(4-9-19(22)23)10-17(12-18)25-16-7-5-15(21)6-8-16/h5-8,10-13H,3-4,9H2,1-2H3,(H2,22,23). The van der Waals surface area contributed by atoms with Gasteiger partial charge in [-0.15, -0.1) is 0 Å². The Hall–Kier alpha value is -2.89. The van der Waals surface area contributed by atoms with Gasteiger partial charge in [0.05, 0.1) is 5.92 Å². The van der Waals surface area contributed by atoms with Crippen LogP contribution >= 0.6 is 0 Å². The van der Waals surface area contributed by atoms with E-state index in [2.05, 4.69) is 0 Å². The van der Waals surface area contributed by atoms with Crippen LogP contribution < -0.4 is 15.2 Å². The summed E-state index contributed by atoms with van der Waals surface area (Å²) in [6.07, 6.45) is 1.22. The number of halogens is 1. The van der Waals surface area contributed by atoms with Gasteiger partial charge in [-0.3, -0.25) is 9.59 Å². The summed E-state index contributed by atoms with van der Waals surface area (Å²) in [5, 5.41) is 0. The molecule has 1 amide bonds. The summed E-state index contributed by atoms with van der Waals surface area (Å²) in [4.78, 5) is 23.1. The van der Waals surface area contributed by atoms with Crippen molar-refractivity contribution in [3.05, 3.63) is 53.8 Å². The number of hydrogen-bond donors (Lipinski definition) is 1. The number of nitrogens with two attached hydrogens (primary N) is 1. The van der Waals surface area contributed by atoms with Crippen LogP contribution in [0.2, 0.25) is 0 Å². The lowest BCUT2D eigenvalue weighted by molar-refractivity contribution is -0.138. The highest BCUT2D eigenvalue weighted by atomic mass is 19.1. The number of aryl methyl sites for hydroxylation is 1. The van der Waals surface area contributed by atoms with Gasteiger partial charge in [0.15, 0.2) is 0 Å². The Balaban J connectivity index is 2.25. The van der Waals surface area contributed by atoms with E-state index in [0.717, 1.165) is 5.56 Å². The van der Waals surface area contributed by atoms with Crippen molar-refractivity contribution in [3.8, 4) is 17.2 Å². The lowest BCUT2D eigenvalue weighted by Crippen LogP contribution is -2.17. The Labute approximate surface area is 151 Å². The Morgan fingerprint density at radius 3 is 2.35 bits per heavy atom. The molecule has 6 heteroatoms. The molecule has 0 aliphatic carbocycles. The second-order valence-electron chi connectivity index (χ2n) is 6.07. The first-order chi connectivity index (χ1) is 12.4. The van der Waals surface area contributed by atoms with Crippen molar-refractivity contribution in [2.24, 2.45) is 11.7 Å². The minimum atomic E-state index is -0.423. The Morgan fingerprint density at radius 2 is 1.73 bits per heavy atom. The van der Waals surface area contributed by atoms with Crippen LogP contribution in [0.5, 0.6) is 17.2 Å². The average Bonchev–Trinajstić information content (AvgIpc) is 2.61. The average molecular weight is 359 g/mol. The molecule has 2 N–H and O–H groups in total. The zero-order chi connectivity index (χ0) is 19.1. The van der Waals surface area contributed by atoms with Crippen LogP contribution in [0.15, 0.2) is 42.5 Å². The van der Waals surface area contributed by atoms with E-state index in [1.165, 1.54) is 24.3 Å². The minimum absolute atomic E-state index is 0.165. The second-order valence-corrected chi connectivity index (χ2v) is 6.07. The van der Waals surface area contributed by atoms with Crippen LogP contribution in [-0.4, -0.2) is 11.9 Å². The number of hydrogen-bond acceptors (Lipinski definition) is 4. The van der Waals surface area contributed by atoms with Crippen molar-refractivity contribution in [1.82, 2.24) is 0 Å². The quantitative estimate of drug-likeness (QED) is 0.571. The fourth-order valence-electron chi connectivity index (χ4n) is 2.18. The first-order valence-corrected chi connectivity index (χ1v) is 8.44. The molecule has 5 nitrogen and oxygen atoms in total. The number of carbonyl (C=O) groups excluding carboxylic acids is 2. The molecule has 0 radical (unpaired) electrons. The van der Waals surface area contributed by atoms with E-state index >= 15 is 0 Å². The predicted octanol–water partition coefficient (Wildman–Crippen LogP) is 3.99. The van der Waals surface area contributed by atoms with Crippen LogP contribution in [-0.2, 0) is 16.0 Å². The third-order valence-electron chi connectivity index (χ3n) is 3.88. The monoisotopic (exact) mass is 359 g/mol. The fraction of sp³-hybridized carbons (Fsp3) is 0.300. The fourth-order valence-corrected chi connectivity index (χ4v) is 2.18. The smallest absolute Gasteiger partial charge is 0.314 e. The van der Waals surface area contributed by atoms with Crippen molar-refractivity contribution in [2.75, 3.05) is 0 Å². The maximum atomic E-state index is 13.0. The highest BCUT2D eigenvalue weighted by Gasteiger charge is 2.15. The van der Waals surface area contributed by atoms with Gasteiger partial charge in [0.1, 0.15) is 23.1 Å². The molecular formula is C20H22FNO4. The number of benzene rings is 2. The molecule has 0 spiro atoms. The molecule has 0 heterocycles. The summed E-state index contributed by atoms with van der Waals surface area (Å²) in [5.74, 6) is -0.167. The van der Waals surface area contributed by atoms with Gasteiger partial charge in [0.25, 0.3) is 0 Å². The van der Waals surface area contributed by atoms with E-state index in [1.54, 1.807) is 25.1 Å². The molecule has 0 fully saturated rings. The van der Waals surface area contributed by atoms with E-state index < -0.39 is 5.91 Å². The Kier molecular flexibility index (Phi) is 6.72. The zero-order valence-corrected chi connectivity index (χ0v) is 14.8. The van der Waals surface area contributed by atoms with E-state index in [4.69, 9.17) is 15.2 Å². The summed E-state index contributed by atoms with van der Waals surface area (Å²) in [6.45, 7) is 3.69. The predicted molar refractivity (Wildman–Crippen MR) is 95.5 cm³/mol. The second kappa shape index (κ2) is 8.99. The molecule has 0 bridgehead atoms. The molecule has 0 aromatic heterocycles. The van der Waals surface area contributed by atoms with Crippen molar-refractivity contribution in [2.45, 2.75) is 33.1 Å². The molecule has 1 unspecified atom stereocenters. The lowest BCUT2D eigenvalue weighted by Gasteiger charge is -2.13. The minimum Gasteiger partial charge on any atom is -0.457 e. The number of ether oxygens (including phenoxy) is 2. The van der Waals surface area contributed by atoms with Gasteiger partial charge in [-0.05, 0) is 54.8 Å². The van der Waals surface area contributed by atoms with Crippen LogP contribution in [0.25, 0.3) is 0 Å². The number of primary amides is 1. The van der Waals surface area contributed by atoms with Gasteiger partial charge in [-0.25, -0.2) is 4.39 Å². The Bertz CT molecular complexity index is 774. The maximum absolute atomic E-state index is 13.0. The molecule has 2 aromatic rings. The summed E-state index contributed by atoms with van der Waals surface area (Å²) >= 11 is 0. The highest BCUT2D eigenvalue weighted by Crippen LogP contribution is 2.29. The van der Waals surface area contributed by atoms with Gasteiger partial charge in [0.2, 0.25) is 5.91 Å². The third kappa shape index (κ3) is 5.88. The normalized spacial score (nSPS) is 11.7. The number of esters is 1. The lowest BCUT2D eigenvalue weighted by atomic mass is 10.1. The molecule has 0 saturated carbocycles. The molecule has 1 atom stereocenters.